The van der Waals surface area contributed by atoms with Crippen molar-refractivity contribution in [1.29, 1.82) is 0 Å². The minimum atomic E-state index is -0.924. The van der Waals surface area contributed by atoms with Crippen LogP contribution in [-0.2, 0) is 20.7 Å². The maximum Gasteiger partial charge on any atom is 0.329 e. The molecular formula is C23H20ClFN2O4. The van der Waals surface area contributed by atoms with Gasteiger partial charge in [0.05, 0.1) is 12.2 Å². The third-order valence-corrected chi connectivity index (χ3v) is 5.15. The molecule has 1 aliphatic rings. The Labute approximate surface area is 183 Å². The molecule has 0 aliphatic carbocycles. The van der Waals surface area contributed by atoms with Crippen molar-refractivity contribution in [2.24, 2.45) is 0 Å². The first-order valence-corrected chi connectivity index (χ1v) is 10.2. The second kappa shape index (κ2) is 8.81. The predicted molar refractivity (Wildman–Crippen MR) is 115 cm³/mol. The van der Waals surface area contributed by atoms with E-state index in [-0.39, 0.29) is 25.5 Å². The fraction of sp³-hybridized carbons (Fsp3) is 0.217. The monoisotopic (exact) mass is 442 g/mol. The normalized spacial score (nSPS) is 13.7. The van der Waals surface area contributed by atoms with Crippen molar-refractivity contribution in [3.63, 3.8) is 0 Å². The van der Waals surface area contributed by atoms with E-state index in [2.05, 4.69) is 10.3 Å². The first-order valence-electron chi connectivity index (χ1n) is 9.80. The first-order chi connectivity index (χ1) is 14.9. The Morgan fingerprint density at radius 3 is 2.90 bits per heavy atom. The number of H-pyrrole nitrogens is 1. The zero-order chi connectivity index (χ0) is 22.0. The second-order valence-electron chi connectivity index (χ2n) is 7.15. The number of benzene rings is 2. The molecule has 1 aromatic heterocycles. The first kappa shape index (κ1) is 20.9. The highest BCUT2D eigenvalue weighted by Gasteiger charge is 2.26. The van der Waals surface area contributed by atoms with Gasteiger partial charge in [-0.15, -0.1) is 0 Å². The van der Waals surface area contributed by atoms with Gasteiger partial charge in [0.2, 0.25) is 0 Å². The summed E-state index contributed by atoms with van der Waals surface area (Å²) in [5, 5.41) is 4.07. The molecular weight excluding hydrogens is 423 g/mol. The Bertz CT molecular complexity index is 1190. The van der Waals surface area contributed by atoms with Gasteiger partial charge in [0.15, 0.2) is 0 Å². The van der Waals surface area contributed by atoms with E-state index in [0.717, 1.165) is 5.39 Å². The lowest BCUT2D eigenvalue weighted by atomic mass is 10.1. The molecule has 160 valence electrons. The number of ether oxygens (including phenoxy) is 2. The maximum absolute atomic E-state index is 13.5. The molecule has 2 heterocycles. The van der Waals surface area contributed by atoms with Crippen LogP contribution in [0.3, 0.4) is 0 Å². The van der Waals surface area contributed by atoms with Crippen LogP contribution in [0.1, 0.15) is 18.2 Å². The number of esters is 1. The molecule has 2 N–H and O–H groups in total. The van der Waals surface area contributed by atoms with E-state index in [4.69, 9.17) is 21.1 Å². The zero-order valence-corrected chi connectivity index (χ0v) is 17.5. The number of halogens is 2. The number of carbonyl (C=O) groups is 2. The van der Waals surface area contributed by atoms with Crippen LogP contribution in [0.4, 0.5) is 4.39 Å². The van der Waals surface area contributed by atoms with Gasteiger partial charge in [-0.1, -0.05) is 11.6 Å². The molecule has 1 atom stereocenters. The van der Waals surface area contributed by atoms with Gasteiger partial charge in [0.25, 0.3) is 5.91 Å². The van der Waals surface area contributed by atoms with E-state index < -0.39 is 17.9 Å². The number of aromatic nitrogens is 1. The van der Waals surface area contributed by atoms with E-state index in [1.54, 1.807) is 37.3 Å². The summed E-state index contributed by atoms with van der Waals surface area (Å²) >= 11 is 6.02. The summed E-state index contributed by atoms with van der Waals surface area (Å²) in [6.45, 7) is 1.95. The van der Waals surface area contributed by atoms with Crippen LogP contribution >= 0.6 is 11.6 Å². The topological polar surface area (TPSA) is 80.4 Å². The number of amides is 1. The van der Waals surface area contributed by atoms with Gasteiger partial charge in [0, 0.05) is 28.2 Å². The van der Waals surface area contributed by atoms with Gasteiger partial charge in [-0.3, -0.25) is 4.79 Å². The van der Waals surface area contributed by atoms with Gasteiger partial charge >= 0.3 is 5.97 Å². The van der Waals surface area contributed by atoms with E-state index in [1.807, 2.05) is 6.07 Å². The minimum Gasteiger partial charge on any atom is -0.488 e. The number of aromatic amines is 1. The molecule has 0 unspecified atom stereocenters. The highest BCUT2D eigenvalue weighted by Crippen LogP contribution is 2.29. The Balaban J connectivity index is 1.55. The number of hydrogen-bond donors (Lipinski definition) is 2. The smallest absolute Gasteiger partial charge is 0.329 e. The van der Waals surface area contributed by atoms with Crippen LogP contribution < -0.4 is 10.1 Å². The lowest BCUT2D eigenvalue weighted by Gasteiger charge is -2.21. The molecule has 2 aromatic carbocycles. The Kier molecular flexibility index (Phi) is 5.95. The van der Waals surface area contributed by atoms with E-state index in [0.29, 0.717) is 33.1 Å². The Morgan fingerprint density at radius 1 is 1.26 bits per heavy atom. The van der Waals surface area contributed by atoms with Crippen molar-refractivity contribution in [3.8, 4) is 5.75 Å². The lowest BCUT2D eigenvalue weighted by molar-refractivity contribution is -0.147. The van der Waals surface area contributed by atoms with Gasteiger partial charge in [0.1, 0.15) is 24.2 Å². The van der Waals surface area contributed by atoms with Gasteiger partial charge in [-0.25, -0.2) is 9.18 Å². The van der Waals surface area contributed by atoms with Crippen molar-refractivity contribution >= 4 is 40.5 Å². The molecule has 0 fully saturated rings. The quantitative estimate of drug-likeness (QED) is 0.565. The minimum absolute atomic E-state index is 0.0711. The molecule has 0 spiro atoms. The average molecular weight is 443 g/mol. The summed E-state index contributed by atoms with van der Waals surface area (Å²) in [6, 6.07) is 10.4. The highest BCUT2D eigenvalue weighted by atomic mass is 35.5. The van der Waals surface area contributed by atoms with Crippen molar-refractivity contribution in [3.05, 3.63) is 70.1 Å². The highest BCUT2D eigenvalue weighted by molar-refractivity contribution is 6.30. The standard InChI is InChI=1S/C23H20ClFN2O4/c1-2-30-23(29)20(11-18-9-13-3-5-17(25)10-19(13)26-18)27-22(28)15-7-14-8-16(24)4-6-21(14)31-12-15/h3-10,20,26H,2,11-12H2,1H3,(H,27,28)/t20-/m1/s1. The summed E-state index contributed by atoms with van der Waals surface area (Å²) in [7, 11) is 0. The zero-order valence-electron chi connectivity index (χ0n) is 16.7. The van der Waals surface area contributed by atoms with Crippen LogP contribution in [0.2, 0.25) is 5.02 Å². The van der Waals surface area contributed by atoms with Crippen LogP contribution in [-0.4, -0.2) is 36.1 Å². The van der Waals surface area contributed by atoms with Gasteiger partial charge in [-0.2, -0.15) is 0 Å². The summed E-state index contributed by atoms with van der Waals surface area (Å²) in [5.41, 5.74) is 2.34. The van der Waals surface area contributed by atoms with E-state index in [1.165, 1.54) is 12.1 Å². The molecule has 0 bridgehead atoms. The molecule has 1 aliphatic heterocycles. The SMILES string of the molecule is CCOC(=O)[C@@H](Cc1cc2ccc(F)cc2[nH]1)NC(=O)C1=Cc2cc(Cl)ccc2OC1. The molecule has 3 aromatic rings. The van der Waals surface area contributed by atoms with Gasteiger partial charge < -0.3 is 19.8 Å². The fourth-order valence-electron chi connectivity index (χ4n) is 3.46. The number of nitrogens with one attached hydrogen (secondary N) is 2. The van der Waals surface area contributed by atoms with Crippen LogP contribution in [0.25, 0.3) is 17.0 Å². The number of rotatable bonds is 6. The third kappa shape index (κ3) is 4.72. The van der Waals surface area contributed by atoms with Crippen LogP contribution in [0.5, 0.6) is 5.75 Å². The molecule has 1 amide bonds. The number of hydrogen-bond acceptors (Lipinski definition) is 4. The molecule has 6 nitrogen and oxygen atoms in total. The summed E-state index contributed by atoms with van der Waals surface area (Å²) < 4.78 is 24.2. The number of fused-ring (bicyclic) bond motifs is 2. The molecule has 0 saturated carbocycles. The Morgan fingerprint density at radius 2 is 2.10 bits per heavy atom. The maximum atomic E-state index is 13.5. The average Bonchev–Trinajstić information content (AvgIpc) is 3.14. The van der Waals surface area contributed by atoms with Gasteiger partial charge in [-0.05, 0) is 60.9 Å². The lowest BCUT2D eigenvalue weighted by Crippen LogP contribution is -2.44. The summed E-state index contributed by atoms with van der Waals surface area (Å²) in [5.74, 6) is -0.721. The van der Waals surface area contributed by atoms with E-state index >= 15 is 0 Å². The molecule has 0 radical (unpaired) electrons. The van der Waals surface area contributed by atoms with Crippen LogP contribution in [0, 0.1) is 5.82 Å². The summed E-state index contributed by atoms with van der Waals surface area (Å²) in [6.07, 6.45) is 1.85. The predicted octanol–water partition coefficient (Wildman–Crippen LogP) is 4.03. The Hall–Kier alpha value is -3.32. The van der Waals surface area contributed by atoms with Crippen molar-refractivity contribution in [2.75, 3.05) is 13.2 Å². The molecule has 31 heavy (non-hydrogen) atoms. The number of carbonyl (C=O) groups excluding carboxylic acids is 2. The molecule has 8 heteroatoms. The summed E-state index contributed by atoms with van der Waals surface area (Å²) in [4.78, 5) is 28.4. The van der Waals surface area contributed by atoms with Crippen LogP contribution in [0.15, 0.2) is 48.0 Å². The fourth-order valence-corrected chi connectivity index (χ4v) is 3.64. The second-order valence-corrected chi connectivity index (χ2v) is 7.59. The van der Waals surface area contributed by atoms with Crippen molar-refractivity contribution in [2.45, 2.75) is 19.4 Å². The third-order valence-electron chi connectivity index (χ3n) is 4.92. The molecule has 4 rings (SSSR count). The van der Waals surface area contributed by atoms with Crippen molar-refractivity contribution < 1.29 is 23.5 Å². The van der Waals surface area contributed by atoms with E-state index in [9.17, 15) is 14.0 Å². The van der Waals surface area contributed by atoms with Crippen molar-refractivity contribution in [1.82, 2.24) is 10.3 Å². The largest absolute Gasteiger partial charge is 0.488 e. The molecule has 0 saturated heterocycles.